The Morgan fingerprint density at radius 3 is 2.23 bits per heavy atom. The van der Waals surface area contributed by atoms with Crippen molar-refractivity contribution in [2.45, 2.75) is 23.9 Å². The largest absolute Gasteiger partial charge is 0.493 e. The molecule has 0 saturated heterocycles. The van der Waals surface area contributed by atoms with E-state index in [2.05, 4.69) is 22.8 Å². The van der Waals surface area contributed by atoms with Gasteiger partial charge in [-0.2, -0.15) is 4.98 Å². The number of allylic oxidation sites excluding steroid dienone is 1. The highest BCUT2D eigenvalue weighted by atomic mass is 32.2. The first-order chi connectivity index (χ1) is 19.0. The van der Waals surface area contributed by atoms with Gasteiger partial charge in [0, 0.05) is 17.1 Å². The van der Waals surface area contributed by atoms with E-state index in [1.165, 1.54) is 17.3 Å². The minimum atomic E-state index is -0.614. The topological polar surface area (TPSA) is 99.5 Å². The molecule has 4 aromatic rings. The van der Waals surface area contributed by atoms with E-state index in [1.54, 1.807) is 26.0 Å². The number of fused-ring (bicyclic) bond motifs is 1. The van der Waals surface area contributed by atoms with Crippen molar-refractivity contribution in [3.63, 3.8) is 0 Å². The number of anilines is 2. The van der Waals surface area contributed by atoms with Crippen LogP contribution in [0.25, 0.3) is 0 Å². The zero-order valence-corrected chi connectivity index (χ0v) is 22.9. The number of thioether (sulfide) groups is 1. The second kappa shape index (κ2) is 11.5. The van der Waals surface area contributed by atoms with Gasteiger partial charge in [-0.15, -0.1) is 5.10 Å². The van der Waals surface area contributed by atoms with Crippen molar-refractivity contribution in [1.82, 2.24) is 14.8 Å². The predicted molar refractivity (Wildman–Crippen MR) is 152 cm³/mol. The van der Waals surface area contributed by atoms with Crippen LogP contribution in [-0.2, 0) is 10.5 Å². The van der Waals surface area contributed by atoms with E-state index in [1.807, 2.05) is 67.6 Å². The summed E-state index contributed by atoms with van der Waals surface area (Å²) in [5.41, 5.74) is 3.75. The predicted octanol–water partition coefficient (Wildman–Crippen LogP) is 5.52. The Labute approximate surface area is 231 Å². The van der Waals surface area contributed by atoms with Crippen molar-refractivity contribution in [2.75, 3.05) is 32.0 Å². The molecule has 2 heterocycles. The number of aromatic nitrogens is 3. The number of methoxy groups -OCH3 is 3. The van der Waals surface area contributed by atoms with Crippen molar-refractivity contribution < 1.29 is 19.0 Å². The highest BCUT2D eigenvalue weighted by molar-refractivity contribution is 7.98. The van der Waals surface area contributed by atoms with Crippen molar-refractivity contribution >= 4 is 29.3 Å². The second-order valence-corrected chi connectivity index (χ2v) is 9.72. The van der Waals surface area contributed by atoms with E-state index in [4.69, 9.17) is 24.3 Å². The number of benzene rings is 3. The molecular weight excluding hydrogens is 514 g/mol. The average molecular weight is 544 g/mol. The lowest BCUT2D eigenvalue weighted by molar-refractivity contribution is -0.113. The summed E-state index contributed by atoms with van der Waals surface area (Å²) < 4.78 is 18.5. The highest BCUT2D eigenvalue weighted by Crippen LogP contribution is 2.44. The van der Waals surface area contributed by atoms with Gasteiger partial charge in [-0.05, 0) is 42.3 Å². The SMILES string of the molecule is COc1cc([C@H]2C(C(=O)Nc3ccccc3)=C(C)Nc3nc(SCc4ccccc4)nn32)cc(OC)c1OC. The molecule has 1 aliphatic heterocycles. The van der Waals surface area contributed by atoms with Gasteiger partial charge in [-0.1, -0.05) is 60.3 Å². The molecule has 1 aromatic heterocycles. The maximum absolute atomic E-state index is 13.8. The van der Waals surface area contributed by atoms with Crippen LogP contribution < -0.4 is 24.8 Å². The van der Waals surface area contributed by atoms with Gasteiger partial charge < -0.3 is 24.8 Å². The number of ether oxygens (including phenoxy) is 3. The Bertz CT molecular complexity index is 1480. The number of rotatable bonds is 9. The number of carbonyl (C=O) groups is 1. The molecule has 0 fully saturated rings. The monoisotopic (exact) mass is 543 g/mol. The summed E-state index contributed by atoms with van der Waals surface area (Å²) >= 11 is 1.53. The van der Waals surface area contributed by atoms with Crippen LogP contribution in [0.2, 0.25) is 0 Å². The van der Waals surface area contributed by atoms with Crippen molar-refractivity contribution in [1.29, 1.82) is 0 Å². The third kappa shape index (κ3) is 5.42. The van der Waals surface area contributed by atoms with Gasteiger partial charge in [0.1, 0.15) is 6.04 Å². The lowest BCUT2D eigenvalue weighted by Crippen LogP contribution is -2.31. The first-order valence-corrected chi connectivity index (χ1v) is 13.3. The molecule has 0 bridgehead atoms. The molecule has 1 aliphatic rings. The molecule has 3 aromatic carbocycles. The Kier molecular flexibility index (Phi) is 7.74. The molecule has 200 valence electrons. The summed E-state index contributed by atoms with van der Waals surface area (Å²) in [6, 6.07) is 22.5. The summed E-state index contributed by atoms with van der Waals surface area (Å²) in [5.74, 6) is 2.42. The molecule has 39 heavy (non-hydrogen) atoms. The lowest BCUT2D eigenvalue weighted by atomic mass is 9.94. The van der Waals surface area contributed by atoms with Gasteiger partial charge in [0.05, 0.1) is 26.9 Å². The van der Waals surface area contributed by atoms with Crippen molar-refractivity contribution in [2.24, 2.45) is 0 Å². The molecule has 10 heteroatoms. The van der Waals surface area contributed by atoms with Gasteiger partial charge in [0.25, 0.3) is 5.91 Å². The minimum absolute atomic E-state index is 0.260. The summed E-state index contributed by atoms with van der Waals surface area (Å²) in [7, 11) is 4.68. The number of hydrogen-bond acceptors (Lipinski definition) is 8. The number of carbonyl (C=O) groups excluding carboxylic acids is 1. The third-order valence-corrected chi connectivity index (χ3v) is 7.23. The molecule has 1 amide bonds. The molecule has 2 N–H and O–H groups in total. The molecule has 0 saturated carbocycles. The van der Waals surface area contributed by atoms with Crippen LogP contribution >= 0.6 is 11.8 Å². The molecule has 0 radical (unpaired) electrons. The van der Waals surface area contributed by atoms with E-state index < -0.39 is 6.04 Å². The zero-order chi connectivity index (χ0) is 27.4. The Balaban J connectivity index is 1.58. The first-order valence-electron chi connectivity index (χ1n) is 12.3. The van der Waals surface area contributed by atoms with Gasteiger partial charge in [-0.3, -0.25) is 4.79 Å². The van der Waals surface area contributed by atoms with E-state index in [0.29, 0.717) is 51.1 Å². The van der Waals surface area contributed by atoms with E-state index in [-0.39, 0.29) is 5.91 Å². The number of amides is 1. The van der Waals surface area contributed by atoms with Crippen LogP contribution in [0.4, 0.5) is 11.6 Å². The zero-order valence-electron chi connectivity index (χ0n) is 22.1. The summed E-state index contributed by atoms with van der Waals surface area (Å²) in [5, 5.41) is 11.7. The maximum atomic E-state index is 13.8. The maximum Gasteiger partial charge on any atom is 0.255 e. The quantitative estimate of drug-likeness (QED) is 0.266. The average Bonchev–Trinajstić information content (AvgIpc) is 3.37. The van der Waals surface area contributed by atoms with Crippen LogP contribution in [0.1, 0.15) is 24.1 Å². The third-order valence-electron chi connectivity index (χ3n) is 6.32. The van der Waals surface area contributed by atoms with Crippen molar-refractivity contribution in [3.05, 3.63) is 95.2 Å². The Morgan fingerprint density at radius 1 is 0.974 bits per heavy atom. The number of nitrogens with one attached hydrogen (secondary N) is 2. The normalized spacial score (nSPS) is 14.3. The van der Waals surface area contributed by atoms with Crippen LogP contribution in [0.15, 0.2) is 89.2 Å². The highest BCUT2D eigenvalue weighted by Gasteiger charge is 2.35. The summed E-state index contributed by atoms with van der Waals surface area (Å²) in [4.78, 5) is 18.5. The van der Waals surface area contributed by atoms with Crippen LogP contribution in [0.3, 0.4) is 0 Å². The summed E-state index contributed by atoms with van der Waals surface area (Å²) in [6.45, 7) is 1.86. The molecule has 0 aliphatic carbocycles. The Hall–Kier alpha value is -4.44. The fourth-order valence-corrected chi connectivity index (χ4v) is 5.28. The van der Waals surface area contributed by atoms with Gasteiger partial charge >= 0.3 is 0 Å². The summed E-state index contributed by atoms with van der Waals surface area (Å²) in [6.07, 6.45) is 0. The van der Waals surface area contributed by atoms with Crippen LogP contribution in [0.5, 0.6) is 17.2 Å². The lowest BCUT2D eigenvalue weighted by Gasteiger charge is -2.29. The fraction of sp³-hybridized carbons (Fsp3) is 0.207. The van der Waals surface area contributed by atoms with Crippen molar-refractivity contribution in [3.8, 4) is 17.2 Å². The molecule has 5 rings (SSSR count). The molecule has 0 unspecified atom stereocenters. The molecule has 1 atom stereocenters. The van der Waals surface area contributed by atoms with Gasteiger partial charge in [0.15, 0.2) is 11.5 Å². The minimum Gasteiger partial charge on any atom is -0.493 e. The number of para-hydroxylation sites is 1. The standard InChI is InChI=1S/C29H29N5O4S/c1-18-24(27(35)31-21-13-9-6-10-14-21)25(20-15-22(36-2)26(38-4)23(16-20)37-3)34-28(30-18)32-29(33-34)39-17-19-11-7-5-8-12-19/h5-16,25H,17H2,1-4H3,(H,31,35)(H,30,32,33)/t25-/m0/s1. The first kappa shape index (κ1) is 26.2. The van der Waals surface area contributed by atoms with Gasteiger partial charge in [0.2, 0.25) is 16.9 Å². The molecular formula is C29H29N5O4S. The molecule has 9 nitrogen and oxygen atoms in total. The molecule has 0 spiro atoms. The van der Waals surface area contributed by atoms with Gasteiger partial charge in [-0.25, -0.2) is 4.68 Å². The van der Waals surface area contributed by atoms with Crippen LogP contribution in [0, 0.1) is 0 Å². The Morgan fingerprint density at radius 2 is 1.62 bits per heavy atom. The van der Waals surface area contributed by atoms with E-state index >= 15 is 0 Å². The van der Waals surface area contributed by atoms with Crippen LogP contribution in [-0.4, -0.2) is 42.0 Å². The smallest absolute Gasteiger partial charge is 0.255 e. The number of nitrogens with zero attached hydrogens (tertiary/aromatic N) is 3. The fourth-order valence-electron chi connectivity index (χ4n) is 4.50. The second-order valence-electron chi connectivity index (χ2n) is 8.78. The van der Waals surface area contributed by atoms with E-state index in [9.17, 15) is 4.79 Å². The van der Waals surface area contributed by atoms with E-state index in [0.717, 1.165) is 5.56 Å². The number of hydrogen-bond donors (Lipinski definition) is 2.